The fourth-order valence-electron chi connectivity index (χ4n) is 1.41. The van der Waals surface area contributed by atoms with E-state index in [1.54, 1.807) is 6.07 Å². The lowest BCUT2D eigenvalue weighted by molar-refractivity contribution is 0.112. The van der Waals surface area contributed by atoms with Gasteiger partial charge in [-0.05, 0) is 23.8 Å². The van der Waals surface area contributed by atoms with Crippen molar-refractivity contribution in [1.82, 2.24) is 4.98 Å². The normalized spacial score (nSPS) is 13.4. The summed E-state index contributed by atoms with van der Waals surface area (Å²) in [5, 5.41) is 1.66. The monoisotopic (exact) mass is 187 g/mol. The Kier molecular flexibility index (Phi) is 2.14. The molecule has 2 rings (SSSR count). The van der Waals surface area contributed by atoms with E-state index in [0.717, 1.165) is 17.0 Å². The van der Waals surface area contributed by atoms with Crippen molar-refractivity contribution < 1.29 is 4.79 Å². The zero-order valence-electron chi connectivity index (χ0n) is 7.49. The summed E-state index contributed by atoms with van der Waals surface area (Å²) in [4.78, 5) is 24.5. The molecule has 3 nitrogen and oxygen atoms in total. The summed E-state index contributed by atoms with van der Waals surface area (Å²) in [7, 11) is 0. The van der Waals surface area contributed by atoms with Crippen molar-refractivity contribution >= 4 is 18.4 Å². The minimum absolute atomic E-state index is 0.176. The van der Waals surface area contributed by atoms with Gasteiger partial charge in [0.05, 0.1) is 5.56 Å². The number of hydrogen-bond acceptors (Lipinski definition) is 2. The SMILES string of the molecule is O=Cc1cc2c([nH]c1=O)=CC=CCC=2. The molecule has 0 aliphatic heterocycles. The van der Waals surface area contributed by atoms with E-state index >= 15 is 0 Å². The Labute approximate surface area is 80.1 Å². The molecule has 0 bridgehead atoms. The summed E-state index contributed by atoms with van der Waals surface area (Å²) in [6.45, 7) is 0. The maximum atomic E-state index is 11.3. The van der Waals surface area contributed by atoms with Crippen molar-refractivity contribution in [2.45, 2.75) is 6.42 Å². The molecule has 0 saturated heterocycles. The number of allylic oxidation sites excluding steroid dienone is 2. The molecule has 3 heteroatoms. The number of aromatic nitrogens is 1. The molecule has 1 aromatic heterocycles. The van der Waals surface area contributed by atoms with Crippen molar-refractivity contribution in [3.63, 3.8) is 0 Å². The van der Waals surface area contributed by atoms with Crippen LogP contribution >= 0.6 is 0 Å². The van der Waals surface area contributed by atoms with Crippen molar-refractivity contribution in [3.8, 4) is 0 Å². The molecule has 1 aromatic rings. The summed E-state index contributed by atoms with van der Waals surface area (Å²) < 4.78 is 0. The van der Waals surface area contributed by atoms with Crippen LogP contribution in [-0.4, -0.2) is 11.3 Å². The Morgan fingerprint density at radius 1 is 1.43 bits per heavy atom. The Balaban J connectivity index is 2.86. The fourth-order valence-corrected chi connectivity index (χ4v) is 1.41. The van der Waals surface area contributed by atoms with Gasteiger partial charge in [-0.1, -0.05) is 18.2 Å². The molecule has 1 heterocycles. The minimum atomic E-state index is -0.335. The van der Waals surface area contributed by atoms with Crippen molar-refractivity contribution in [1.29, 1.82) is 0 Å². The lowest BCUT2D eigenvalue weighted by atomic mass is 10.2. The van der Waals surface area contributed by atoms with Gasteiger partial charge >= 0.3 is 0 Å². The molecule has 1 aliphatic rings. The first-order valence-corrected chi connectivity index (χ1v) is 4.37. The van der Waals surface area contributed by atoms with Crippen LogP contribution in [0.25, 0.3) is 12.2 Å². The number of rotatable bonds is 1. The highest BCUT2D eigenvalue weighted by Gasteiger charge is 1.98. The van der Waals surface area contributed by atoms with E-state index in [4.69, 9.17) is 0 Å². The van der Waals surface area contributed by atoms with Crippen LogP contribution in [0.2, 0.25) is 0 Å². The molecule has 70 valence electrons. The maximum absolute atomic E-state index is 11.3. The molecule has 0 aromatic carbocycles. The Bertz CT molecular complexity index is 564. The van der Waals surface area contributed by atoms with Crippen LogP contribution in [0, 0.1) is 0 Å². The molecular weight excluding hydrogens is 178 g/mol. The van der Waals surface area contributed by atoms with Gasteiger partial charge in [-0.15, -0.1) is 0 Å². The largest absolute Gasteiger partial charge is 0.321 e. The molecule has 0 amide bonds. The molecule has 0 radical (unpaired) electrons. The summed E-state index contributed by atoms with van der Waals surface area (Å²) in [6.07, 6.45) is 9.06. The van der Waals surface area contributed by atoms with Crippen LogP contribution in [0.15, 0.2) is 23.0 Å². The van der Waals surface area contributed by atoms with Gasteiger partial charge in [0.15, 0.2) is 6.29 Å². The second kappa shape index (κ2) is 3.46. The molecule has 0 unspecified atom stereocenters. The fraction of sp³-hybridized carbons (Fsp3) is 0.0909. The van der Waals surface area contributed by atoms with Crippen molar-refractivity contribution in [2.75, 3.05) is 0 Å². The Morgan fingerprint density at radius 2 is 2.29 bits per heavy atom. The summed E-state index contributed by atoms with van der Waals surface area (Å²) in [5.41, 5.74) is -0.158. The molecule has 1 N–H and O–H groups in total. The summed E-state index contributed by atoms with van der Waals surface area (Å²) >= 11 is 0. The number of fused-ring (bicyclic) bond motifs is 1. The molecule has 0 fully saturated rings. The van der Waals surface area contributed by atoms with Gasteiger partial charge in [-0.3, -0.25) is 9.59 Å². The van der Waals surface area contributed by atoms with Gasteiger partial charge < -0.3 is 4.98 Å². The number of nitrogens with one attached hydrogen (secondary N) is 1. The molecule has 14 heavy (non-hydrogen) atoms. The third kappa shape index (κ3) is 1.44. The number of H-pyrrole nitrogens is 1. The maximum Gasteiger partial charge on any atom is 0.259 e. The molecule has 1 aliphatic carbocycles. The quantitative estimate of drug-likeness (QED) is 0.614. The third-order valence-electron chi connectivity index (χ3n) is 2.13. The highest BCUT2D eigenvalue weighted by molar-refractivity contribution is 5.74. The van der Waals surface area contributed by atoms with E-state index in [2.05, 4.69) is 4.98 Å². The highest BCUT2D eigenvalue weighted by atomic mass is 16.1. The first kappa shape index (κ1) is 8.69. The average Bonchev–Trinajstić information content (AvgIpc) is 2.41. The first-order valence-electron chi connectivity index (χ1n) is 4.37. The van der Waals surface area contributed by atoms with Crippen LogP contribution in [0.5, 0.6) is 0 Å². The van der Waals surface area contributed by atoms with Crippen LogP contribution in [0.1, 0.15) is 16.8 Å². The van der Waals surface area contributed by atoms with E-state index in [1.165, 1.54) is 0 Å². The van der Waals surface area contributed by atoms with Crippen molar-refractivity contribution in [2.24, 2.45) is 0 Å². The van der Waals surface area contributed by atoms with Crippen LogP contribution in [0.4, 0.5) is 0 Å². The lowest BCUT2D eigenvalue weighted by Crippen LogP contribution is -2.35. The standard InChI is InChI=1S/C11H9NO2/c13-7-9-6-8-4-2-1-3-5-10(8)12-11(9)14/h1,3-7H,2H2,(H,12,14). The van der Waals surface area contributed by atoms with Gasteiger partial charge in [0, 0.05) is 5.35 Å². The number of carbonyl (C=O) groups is 1. The molecule has 0 spiro atoms. The zero-order valence-corrected chi connectivity index (χ0v) is 7.49. The van der Waals surface area contributed by atoms with E-state index < -0.39 is 0 Å². The second-order valence-electron chi connectivity index (χ2n) is 3.08. The van der Waals surface area contributed by atoms with Crippen LogP contribution < -0.4 is 16.1 Å². The molecule has 0 saturated carbocycles. The first-order chi connectivity index (χ1) is 6.81. The van der Waals surface area contributed by atoms with E-state index in [1.807, 2.05) is 24.3 Å². The third-order valence-corrected chi connectivity index (χ3v) is 2.13. The summed E-state index contributed by atoms with van der Waals surface area (Å²) in [6, 6.07) is 1.62. The van der Waals surface area contributed by atoms with Gasteiger partial charge in [0.2, 0.25) is 0 Å². The van der Waals surface area contributed by atoms with Crippen LogP contribution in [-0.2, 0) is 0 Å². The predicted molar refractivity (Wildman–Crippen MR) is 54.4 cm³/mol. The van der Waals surface area contributed by atoms with Gasteiger partial charge in [-0.25, -0.2) is 0 Å². The topological polar surface area (TPSA) is 49.9 Å². The zero-order chi connectivity index (χ0) is 9.97. The van der Waals surface area contributed by atoms with Gasteiger partial charge in [0.1, 0.15) is 0 Å². The predicted octanol–water partition coefficient (Wildman–Crippen LogP) is -0.292. The Hall–Kier alpha value is -1.90. The molecule has 0 atom stereocenters. The molecular formula is C11H9NO2. The van der Waals surface area contributed by atoms with E-state index in [0.29, 0.717) is 6.29 Å². The van der Waals surface area contributed by atoms with Crippen molar-refractivity contribution in [3.05, 3.63) is 44.7 Å². The van der Waals surface area contributed by atoms with Gasteiger partial charge in [-0.2, -0.15) is 0 Å². The van der Waals surface area contributed by atoms with E-state index in [9.17, 15) is 9.59 Å². The number of carbonyl (C=O) groups excluding carboxylic acids is 1. The smallest absolute Gasteiger partial charge is 0.259 e. The average molecular weight is 187 g/mol. The lowest BCUT2D eigenvalue weighted by Gasteiger charge is -1.91. The van der Waals surface area contributed by atoms with E-state index in [-0.39, 0.29) is 11.1 Å². The number of hydrogen-bond donors (Lipinski definition) is 1. The number of pyridine rings is 1. The van der Waals surface area contributed by atoms with Gasteiger partial charge in [0.25, 0.3) is 5.56 Å². The Morgan fingerprint density at radius 3 is 3.07 bits per heavy atom. The highest BCUT2D eigenvalue weighted by Crippen LogP contribution is 1.87. The minimum Gasteiger partial charge on any atom is -0.321 e. The van der Waals surface area contributed by atoms with Crippen LogP contribution in [0.3, 0.4) is 0 Å². The number of aromatic amines is 1. The number of aldehydes is 1. The second-order valence-corrected chi connectivity index (χ2v) is 3.08. The summed E-state index contributed by atoms with van der Waals surface area (Å²) in [5.74, 6) is 0.